The average Bonchev–Trinajstić information content (AvgIpc) is 2.96. The molecule has 0 spiro atoms. The van der Waals surface area contributed by atoms with E-state index in [1.54, 1.807) is 13.3 Å². The number of aryl methyl sites for hydroxylation is 1. The van der Waals surface area contributed by atoms with Gasteiger partial charge in [0.1, 0.15) is 17.0 Å². The van der Waals surface area contributed by atoms with E-state index in [2.05, 4.69) is 9.72 Å². The first-order valence-corrected chi connectivity index (χ1v) is 9.13. The number of rotatable bonds is 6. The highest BCUT2D eigenvalue weighted by Crippen LogP contribution is 2.38. The number of pyridine rings is 1. The van der Waals surface area contributed by atoms with Crippen molar-refractivity contribution in [1.29, 1.82) is 0 Å². The van der Waals surface area contributed by atoms with Crippen molar-refractivity contribution in [3.8, 4) is 22.8 Å². The van der Waals surface area contributed by atoms with E-state index in [0.717, 1.165) is 11.1 Å². The lowest BCUT2D eigenvalue weighted by Gasteiger charge is -2.16. The fraction of sp³-hybridized carbons (Fsp3) is 0.350. The highest BCUT2D eigenvalue weighted by atomic mass is 35.5. The van der Waals surface area contributed by atoms with Crippen molar-refractivity contribution < 1.29 is 27.4 Å². The predicted octanol–water partition coefficient (Wildman–Crippen LogP) is 5.78. The molecule has 0 fully saturated rings. The second-order valence-electron chi connectivity index (χ2n) is 6.62. The van der Waals surface area contributed by atoms with Crippen LogP contribution < -0.4 is 9.47 Å². The molecule has 0 saturated heterocycles. The van der Waals surface area contributed by atoms with Crippen molar-refractivity contribution in [3.05, 3.63) is 41.0 Å². The number of methoxy groups -OCH3 is 2. The molecule has 0 bridgehead atoms. The van der Waals surface area contributed by atoms with E-state index < -0.39 is 6.36 Å². The van der Waals surface area contributed by atoms with Gasteiger partial charge < -0.3 is 18.8 Å². The van der Waals surface area contributed by atoms with Gasteiger partial charge in [-0.1, -0.05) is 11.6 Å². The van der Waals surface area contributed by atoms with Gasteiger partial charge in [0, 0.05) is 24.9 Å². The van der Waals surface area contributed by atoms with Gasteiger partial charge in [-0.2, -0.15) is 0 Å². The molecule has 0 saturated carbocycles. The summed E-state index contributed by atoms with van der Waals surface area (Å²) in [7, 11) is 3.00. The Morgan fingerprint density at radius 2 is 1.93 bits per heavy atom. The molecule has 9 heteroatoms. The van der Waals surface area contributed by atoms with Crippen molar-refractivity contribution in [2.75, 3.05) is 20.8 Å². The van der Waals surface area contributed by atoms with Crippen LogP contribution in [0.2, 0.25) is 5.02 Å². The standard InChI is InChI=1S/C20H20ClF3N2O3/c1-11-7-16-19(15(21)9-26(16)12(2)10-27-3)25-18(11)14-6-5-13(8-17(14)28-4)29-20(22,23)24/h5-9,12H,10H2,1-4H3/t12-/m0/s1. The van der Waals surface area contributed by atoms with Gasteiger partial charge in [0.2, 0.25) is 0 Å². The molecular weight excluding hydrogens is 409 g/mol. The van der Waals surface area contributed by atoms with Crippen LogP contribution in [0.1, 0.15) is 18.5 Å². The van der Waals surface area contributed by atoms with Crippen molar-refractivity contribution in [1.82, 2.24) is 9.55 Å². The lowest BCUT2D eigenvalue weighted by Crippen LogP contribution is -2.17. The second kappa shape index (κ2) is 8.12. The number of alkyl halides is 3. The number of benzene rings is 1. The summed E-state index contributed by atoms with van der Waals surface area (Å²) >= 11 is 6.40. The normalized spacial score (nSPS) is 13.0. The van der Waals surface area contributed by atoms with Crippen LogP contribution in [0.15, 0.2) is 30.5 Å². The van der Waals surface area contributed by atoms with Crippen LogP contribution >= 0.6 is 11.6 Å². The number of ether oxygens (including phenoxy) is 3. The van der Waals surface area contributed by atoms with Gasteiger partial charge in [0.25, 0.3) is 0 Å². The molecule has 1 aromatic carbocycles. The zero-order valence-corrected chi connectivity index (χ0v) is 17.1. The van der Waals surface area contributed by atoms with Crippen molar-refractivity contribution in [2.24, 2.45) is 0 Å². The van der Waals surface area contributed by atoms with E-state index in [0.29, 0.717) is 28.4 Å². The van der Waals surface area contributed by atoms with Crippen LogP contribution in [0, 0.1) is 6.92 Å². The van der Waals surface area contributed by atoms with Crippen LogP contribution in [0.25, 0.3) is 22.3 Å². The van der Waals surface area contributed by atoms with Crippen LogP contribution in [0.3, 0.4) is 0 Å². The number of hydrogen-bond acceptors (Lipinski definition) is 4. The molecule has 0 N–H and O–H groups in total. The Morgan fingerprint density at radius 1 is 1.21 bits per heavy atom. The Hall–Kier alpha value is -2.45. The summed E-state index contributed by atoms with van der Waals surface area (Å²) in [4.78, 5) is 4.68. The first-order valence-electron chi connectivity index (χ1n) is 8.75. The summed E-state index contributed by atoms with van der Waals surface area (Å²) in [6.45, 7) is 4.38. The number of aromatic nitrogens is 2. The maximum Gasteiger partial charge on any atom is 0.573 e. The largest absolute Gasteiger partial charge is 0.573 e. The fourth-order valence-electron chi connectivity index (χ4n) is 3.25. The third kappa shape index (κ3) is 4.43. The van der Waals surface area contributed by atoms with Gasteiger partial charge in [-0.3, -0.25) is 0 Å². The number of nitrogens with zero attached hydrogens (tertiary/aromatic N) is 2. The van der Waals surface area contributed by atoms with Gasteiger partial charge in [-0.15, -0.1) is 13.2 Å². The third-order valence-corrected chi connectivity index (χ3v) is 4.77. The Labute approximate surface area is 171 Å². The third-order valence-electron chi connectivity index (χ3n) is 4.49. The molecule has 5 nitrogen and oxygen atoms in total. The second-order valence-corrected chi connectivity index (χ2v) is 7.03. The van der Waals surface area contributed by atoms with Gasteiger partial charge in [0.05, 0.1) is 36.0 Å². The lowest BCUT2D eigenvalue weighted by molar-refractivity contribution is -0.274. The Morgan fingerprint density at radius 3 is 2.55 bits per heavy atom. The summed E-state index contributed by atoms with van der Waals surface area (Å²) in [5, 5.41) is 0.472. The van der Waals surface area contributed by atoms with Crippen molar-refractivity contribution in [3.63, 3.8) is 0 Å². The SMILES string of the molecule is COC[C@H](C)n1cc(Cl)c2nc(-c3ccc(OC(F)(F)F)cc3OC)c(C)cc21. The van der Waals surface area contributed by atoms with Gasteiger partial charge in [0.15, 0.2) is 0 Å². The van der Waals surface area contributed by atoms with E-state index in [1.807, 2.05) is 24.5 Å². The lowest BCUT2D eigenvalue weighted by atomic mass is 10.0. The molecule has 2 heterocycles. The molecule has 29 heavy (non-hydrogen) atoms. The summed E-state index contributed by atoms with van der Waals surface area (Å²) in [6.07, 6.45) is -2.99. The minimum atomic E-state index is -4.78. The van der Waals surface area contributed by atoms with Gasteiger partial charge in [-0.05, 0) is 37.6 Å². The monoisotopic (exact) mass is 428 g/mol. The van der Waals surface area contributed by atoms with Crippen LogP contribution in [-0.4, -0.2) is 36.7 Å². The summed E-state index contributed by atoms with van der Waals surface area (Å²) in [6, 6.07) is 5.89. The average molecular weight is 429 g/mol. The van der Waals surface area contributed by atoms with Gasteiger partial charge in [-0.25, -0.2) is 4.98 Å². The van der Waals surface area contributed by atoms with Crippen molar-refractivity contribution in [2.45, 2.75) is 26.3 Å². The Balaban J connectivity index is 2.10. The topological polar surface area (TPSA) is 45.5 Å². The minimum absolute atomic E-state index is 0.0513. The quantitative estimate of drug-likeness (QED) is 0.499. The molecule has 0 amide bonds. The number of fused-ring (bicyclic) bond motifs is 1. The molecule has 1 atom stereocenters. The van der Waals surface area contributed by atoms with E-state index in [4.69, 9.17) is 21.1 Å². The Kier molecular flexibility index (Phi) is 5.95. The number of halogens is 4. The minimum Gasteiger partial charge on any atom is -0.496 e. The van der Waals surface area contributed by atoms with E-state index in [-0.39, 0.29) is 17.5 Å². The summed E-state index contributed by atoms with van der Waals surface area (Å²) in [5.41, 5.74) is 3.35. The summed E-state index contributed by atoms with van der Waals surface area (Å²) < 4.78 is 54.0. The molecule has 0 aliphatic heterocycles. The first kappa shape index (κ1) is 21.3. The van der Waals surface area contributed by atoms with E-state index in [9.17, 15) is 13.2 Å². The zero-order valence-electron chi connectivity index (χ0n) is 16.3. The highest BCUT2D eigenvalue weighted by molar-refractivity contribution is 6.35. The number of hydrogen-bond donors (Lipinski definition) is 0. The predicted molar refractivity (Wildman–Crippen MR) is 105 cm³/mol. The molecule has 0 unspecified atom stereocenters. The maximum atomic E-state index is 12.5. The zero-order chi connectivity index (χ0) is 21.3. The van der Waals surface area contributed by atoms with Crippen LogP contribution in [0.5, 0.6) is 11.5 Å². The molecule has 2 aromatic heterocycles. The molecule has 3 aromatic rings. The smallest absolute Gasteiger partial charge is 0.496 e. The fourth-order valence-corrected chi connectivity index (χ4v) is 3.49. The van der Waals surface area contributed by atoms with E-state index >= 15 is 0 Å². The molecule has 0 radical (unpaired) electrons. The highest BCUT2D eigenvalue weighted by Gasteiger charge is 2.31. The Bertz CT molecular complexity index is 1030. The molecule has 0 aliphatic carbocycles. The molecular formula is C20H20ClF3N2O3. The first-order chi connectivity index (χ1) is 13.6. The molecule has 3 rings (SSSR count). The maximum absolute atomic E-state index is 12.5. The molecule has 0 aliphatic rings. The molecule has 156 valence electrons. The van der Waals surface area contributed by atoms with Gasteiger partial charge >= 0.3 is 6.36 Å². The van der Waals surface area contributed by atoms with Crippen LogP contribution in [0.4, 0.5) is 13.2 Å². The van der Waals surface area contributed by atoms with E-state index in [1.165, 1.54) is 25.3 Å². The van der Waals surface area contributed by atoms with Crippen LogP contribution in [-0.2, 0) is 4.74 Å². The summed E-state index contributed by atoms with van der Waals surface area (Å²) in [5.74, 6) is -0.153. The van der Waals surface area contributed by atoms with Crippen molar-refractivity contribution >= 4 is 22.6 Å².